The van der Waals surface area contributed by atoms with Crippen molar-refractivity contribution < 1.29 is 27.4 Å². The van der Waals surface area contributed by atoms with Crippen molar-refractivity contribution in [2.45, 2.75) is 18.7 Å². The van der Waals surface area contributed by atoms with Crippen LogP contribution in [0.15, 0.2) is 24.3 Å². The van der Waals surface area contributed by atoms with Crippen LogP contribution in [-0.4, -0.2) is 39.0 Å². The Labute approximate surface area is 126 Å². The van der Waals surface area contributed by atoms with E-state index in [1.807, 2.05) is 0 Å². The quantitative estimate of drug-likeness (QED) is 0.847. The first kappa shape index (κ1) is 18.2. The number of benzene rings is 1. The molecule has 1 aromatic rings. The van der Waals surface area contributed by atoms with E-state index in [1.54, 1.807) is 6.92 Å². The number of ether oxygens (including phenoxy) is 2. The van der Waals surface area contributed by atoms with Crippen molar-refractivity contribution in [1.82, 2.24) is 5.32 Å². The minimum atomic E-state index is -4.54. The molecular weight excluding hydrogens is 301 g/mol. The Balaban J connectivity index is 2.71. The highest BCUT2D eigenvalue weighted by Gasteiger charge is 2.33. The van der Waals surface area contributed by atoms with Gasteiger partial charge in [0.2, 0.25) is 0 Å². The molecule has 0 aliphatic heterocycles. The summed E-state index contributed by atoms with van der Waals surface area (Å²) in [4.78, 5) is 11.8. The molecule has 0 aromatic heterocycles. The van der Waals surface area contributed by atoms with Gasteiger partial charge in [-0.3, -0.25) is 0 Å². The van der Waals surface area contributed by atoms with Gasteiger partial charge in [0.1, 0.15) is 5.60 Å². The van der Waals surface area contributed by atoms with Crippen LogP contribution in [0, 0.1) is 0 Å². The summed E-state index contributed by atoms with van der Waals surface area (Å²) >= 11 is 0. The second kappa shape index (κ2) is 7.46. The number of carbonyl (C=O) groups excluding carboxylic acids is 1. The SMILES string of the molecule is COC[C@](C)(CNC(=O)Nc1ccccc1C(F)(F)F)OC. The molecule has 0 spiro atoms. The van der Waals surface area contributed by atoms with Gasteiger partial charge >= 0.3 is 12.2 Å². The van der Waals surface area contributed by atoms with E-state index in [9.17, 15) is 18.0 Å². The van der Waals surface area contributed by atoms with Gasteiger partial charge in [-0.25, -0.2) is 4.79 Å². The average Bonchev–Trinajstić information content (AvgIpc) is 2.45. The molecule has 124 valence electrons. The number of alkyl halides is 3. The molecule has 0 bridgehead atoms. The molecule has 0 fully saturated rings. The number of para-hydroxylation sites is 1. The monoisotopic (exact) mass is 320 g/mol. The number of halogens is 3. The normalized spacial score (nSPS) is 14.3. The standard InChI is InChI=1S/C14H19F3N2O3/c1-13(22-3,9-21-2)8-18-12(20)19-11-7-5-4-6-10(11)14(15,16)17/h4-7H,8-9H2,1-3H3,(H2,18,19,20)/t13-/m0/s1. The largest absolute Gasteiger partial charge is 0.418 e. The van der Waals surface area contributed by atoms with Gasteiger partial charge in [0, 0.05) is 14.2 Å². The number of anilines is 1. The Morgan fingerprint density at radius 1 is 1.23 bits per heavy atom. The molecule has 0 heterocycles. The minimum absolute atomic E-state index is 0.0807. The maximum Gasteiger partial charge on any atom is 0.418 e. The molecule has 0 radical (unpaired) electrons. The lowest BCUT2D eigenvalue weighted by molar-refractivity contribution is -0.136. The molecule has 0 aliphatic rings. The molecule has 1 aromatic carbocycles. The van der Waals surface area contributed by atoms with Gasteiger partial charge in [0.05, 0.1) is 24.4 Å². The summed E-state index contributed by atoms with van der Waals surface area (Å²) in [6.07, 6.45) is -4.54. The Hall–Kier alpha value is -1.80. The van der Waals surface area contributed by atoms with Crippen LogP contribution in [0.3, 0.4) is 0 Å². The summed E-state index contributed by atoms with van der Waals surface area (Å²) in [6.45, 7) is 2.01. The lowest BCUT2D eigenvalue weighted by Gasteiger charge is -2.27. The molecule has 0 saturated heterocycles. The number of methoxy groups -OCH3 is 2. The van der Waals surface area contributed by atoms with E-state index in [1.165, 1.54) is 32.4 Å². The van der Waals surface area contributed by atoms with Crippen LogP contribution in [0.25, 0.3) is 0 Å². The summed E-state index contributed by atoms with van der Waals surface area (Å²) in [5, 5.41) is 4.65. The van der Waals surface area contributed by atoms with E-state index in [2.05, 4.69) is 10.6 Å². The van der Waals surface area contributed by atoms with Gasteiger partial charge < -0.3 is 20.1 Å². The van der Waals surface area contributed by atoms with Crippen molar-refractivity contribution >= 4 is 11.7 Å². The summed E-state index contributed by atoms with van der Waals surface area (Å²) < 4.78 is 48.6. The Bertz CT molecular complexity index is 508. The highest BCUT2D eigenvalue weighted by Crippen LogP contribution is 2.34. The third kappa shape index (κ3) is 5.19. The fourth-order valence-corrected chi connectivity index (χ4v) is 1.76. The van der Waals surface area contributed by atoms with Crippen LogP contribution < -0.4 is 10.6 Å². The third-order valence-corrected chi connectivity index (χ3v) is 3.05. The molecule has 2 N–H and O–H groups in total. The number of hydrogen-bond donors (Lipinski definition) is 2. The van der Waals surface area contributed by atoms with Crippen LogP contribution in [-0.2, 0) is 15.7 Å². The van der Waals surface area contributed by atoms with E-state index in [0.29, 0.717) is 0 Å². The topological polar surface area (TPSA) is 59.6 Å². The number of hydrogen-bond acceptors (Lipinski definition) is 3. The molecule has 1 atom stereocenters. The first-order valence-corrected chi connectivity index (χ1v) is 6.47. The van der Waals surface area contributed by atoms with Gasteiger partial charge in [-0.2, -0.15) is 13.2 Å². The zero-order valence-electron chi connectivity index (χ0n) is 12.6. The van der Waals surface area contributed by atoms with E-state index >= 15 is 0 Å². The van der Waals surface area contributed by atoms with Crippen molar-refractivity contribution in [3.05, 3.63) is 29.8 Å². The van der Waals surface area contributed by atoms with Crippen molar-refractivity contribution in [1.29, 1.82) is 0 Å². The lowest BCUT2D eigenvalue weighted by Crippen LogP contribution is -2.46. The number of carbonyl (C=O) groups is 1. The molecule has 1 rings (SSSR count). The van der Waals surface area contributed by atoms with Crippen LogP contribution in [0.1, 0.15) is 12.5 Å². The Kier molecular flexibility index (Phi) is 6.19. The number of nitrogens with one attached hydrogen (secondary N) is 2. The number of amides is 2. The molecule has 2 amide bonds. The predicted octanol–water partition coefficient (Wildman–Crippen LogP) is 2.88. The van der Waals surface area contributed by atoms with Crippen molar-refractivity contribution in [2.24, 2.45) is 0 Å². The average molecular weight is 320 g/mol. The van der Waals surface area contributed by atoms with Crippen molar-refractivity contribution in [3.63, 3.8) is 0 Å². The summed E-state index contributed by atoms with van der Waals surface area (Å²) in [5.74, 6) is 0. The second-order valence-corrected chi connectivity index (χ2v) is 4.94. The molecule has 8 heteroatoms. The van der Waals surface area contributed by atoms with Gasteiger partial charge in [-0.05, 0) is 19.1 Å². The van der Waals surface area contributed by atoms with Crippen LogP contribution in [0.2, 0.25) is 0 Å². The first-order chi connectivity index (χ1) is 10.2. The van der Waals surface area contributed by atoms with E-state index in [-0.39, 0.29) is 18.8 Å². The highest BCUT2D eigenvalue weighted by molar-refractivity contribution is 5.90. The fraction of sp³-hybridized carbons (Fsp3) is 0.500. The molecule has 5 nitrogen and oxygen atoms in total. The zero-order valence-corrected chi connectivity index (χ0v) is 12.6. The van der Waals surface area contributed by atoms with Crippen LogP contribution in [0.5, 0.6) is 0 Å². The molecular formula is C14H19F3N2O3. The van der Waals surface area contributed by atoms with Gasteiger partial charge in [-0.15, -0.1) is 0 Å². The highest BCUT2D eigenvalue weighted by atomic mass is 19.4. The Morgan fingerprint density at radius 3 is 2.41 bits per heavy atom. The van der Waals surface area contributed by atoms with Gasteiger partial charge in [0.25, 0.3) is 0 Å². The second-order valence-electron chi connectivity index (χ2n) is 4.94. The van der Waals surface area contributed by atoms with Crippen LogP contribution >= 0.6 is 0 Å². The zero-order chi connectivity index (χ0) is 16.8. The molecule has 22 heavy (non-hydrogen) atoms. The third-order valence-electron chi connectivity index (χ3n) is 3.05. The van der Waals surface area contributed by atoms with E-state index in [4.69, 9.17) is 9.47 Å². The number of urea groups is 1. The minimum Gasteiger partial charge on any atom is -0.382 e. The summed E-state index contributed by atoms with van der Waals surface area (Å²) in [5.41, 5.74) is -1.98. The first-order valence-electron chi connectivity index (χ1n) is 6.47. The van der Waals surface area contributed by atoms with E-state index in [0.717, 1.165) is 6.07 Å². The van der Waals surface area contributed by atoms with Gasteiger partial charge in [-0.1, -0.05) is 12.1 Å². The summed E-state index contributed by atoms with van der Waals surface area (Å²) in [7, 11) is 2.94. The smallest absolute Gasteiger partial charge is 0.382 e. The lowest BCUT2D eigenvalue weighted by atomic mass is 10.1. The van der Waals surface area contributed by atoms with Crippen molar-refractivity contribution in [3.8, 4) is 0 Å². The molecule has 0 aliphatic carbocycles. The Morgan fingerprint density at radius 2 is 1.86 bits per heavy atom. The van der Waals surface area contributed by atoms with E-state index < -0.39 is 23.4 Å². The maximum absolute atomic E-state index is 12.8. The molecule has 0 unspecified atom stereocenters. The number of rotatable bonds is 6. The van der Waals surface area contributed by atoms with Crippen LogP contribution in [0.4, 0.5) is 23.7 Å². The molecule has 0 saturated carbocycles. The van der Waals surface area contributed by atoms with Gasteiger partial charge in [0.15, 0.2) is 0 Å². The maximum atomic E-state index is 12.8. The fourth-order valence-electron chi connectivity index (χ4n) is 1.76. The predicted molar refractivity (Wildman–Crippen MR) is 75.8 cm³/mol. The summed E-state index contributed by atoms with van der Waals surface area (Å²) in [6, 6.07) is 4.00. The van der Waals surface area contributed by atoms with Crippen molar-refractivity contribution in [2.75, 3.05) is 32.7 Å².